The molecule has 0 amide bonds. The van der Waals surface area contributed by atoms with E-state index in [0.717, 1.165) is 6.33 Å². The van der Waals surface area contributed by atoms with Crippen LogP contribution in [0.4, 0.5) is 15.9 Å². The van der Waals surface area contributed by atoms with E-state index in [1.165, 1.54) is 18.2 Å². The van der Waals surface area contributed by atoms with E-state index in [1.807, 2.05) is 0 Å². The van der Waals surface area contributed by atoms with Crippen molar-refractivity contribution in [2.24, 2.45) is 0 Å². The van der Waals surface area contributed by atoms with E-state index in [1.54, 1.807) is 0 Å². The van der Waals surface area contributed by atoms with Gasteiger partial charge in [0, 0.05) is 10.0 Å². The van der Waals surface area contributed by atoms with Crippen LogP contribution in [-0.2, 0) is 0 Å². The van der Waals surface area contributed by atoms with Crippen molar-refractivity contribution in [3.05, 3.63) is 44.9 Å². The number of nitrogen functional groups attached to an aromatic ring is 1. The number of nitrogens with zero attached hydrogens (tertiary/aromatic N) is 3. The SMILES string of the molecule is Nc1ncnc(-c2cc(Br)ccc2F)c1[N+](=O)[O-]. The van der Waals surface area contributed by atoms with E-state index in [-0.39, 0.29) is 17.1 Å². The first-order chi connectivity index (χ1) is 8.50. The summed E-state index contributed by atoms with van der Waals surface area (Å²) in [7, 11) is 0. The van der Waals surface area contributed by atoms with Crippen molar-refractivity contribution in [3.8, 4) is 11.3 Å². The molecule has 6 nitrogen and oxygen atoms in total. The molecule has 1 heterocycles. The quantitative estimate of drug-likeness (QED) is 0.679. The molecule has 8 heteroatoms. The van der Waals surface area contributed by atoms with E-state index >= 15 is 0 Å². The largest absolute Gasteiger partial charge is 0.378 e. The number of anilines is 1. The predicted molar refractivity (Wildman–Crippen MR) is 66.2 cm³/mol. The van der Waals surface area contributed by atoms with E-state index < -0.39 is 16.4 Å². The zero-order chi connectivity index (χ0) is 13.3. The Morgan fingerprint density at radius 3 is 2.78 bits per heavy atom. The van der Waals surface area contributed by atoms with Crippen molar-refractivity contribution in [2.75, 3.05) is 5.73 Å². The van der Waals surface area contributed by atoms with Crippen LogP contribution >= 0.6 is 15.9 Å². The van der Waals surface area contributed by atoms with Gasteiger partial charge in [-0.2, -0.15) is 0 Å². The monoisotopic (exact) mass is 312 g/mol. The molecule has 1 aromatic carbocycles. The molecule has 0 unspecified atom stereocenters. The summed E-state index contributed by atoms with van der Waals surface area (Å²) in [5, 5.41) is 10.9. The van der Waals surface area contributed by atoms with Crippen LogP contribution < -0.4 is 5.73 Å². The van der Waals surface area contributed by atoms with Crippen molar-refractivity contribution in [2.45, 2.75) is 0 Å². The molecule has 2 rings (SSSR count). The van der Waals surface area contributed by atoms with Crippen LogP contribution in [0.25, 0.3) is 11.3 Å². The van der Waals surface area contributed by atoms with Gasteiger partial charge in [0.2, 0.25) is 5.82 Å². The number of hydrogen-bond donors (Lipinski definition) is 1. The van der Waals surface area contributed by atoms with Crippen molar-refractivity contribution in [1.29, 1.82) is 0 Å². The number of hydrogen-bond acceptors (Lipinski definition) is 5. The van der Waals surface area contributed by atoms with Crippen LogP contribution in [0.3, 0.4) is 0 Å². The topological polar surface area (TPSA) is 94.9 Å². The third kappa shape index (κ3) is 2.14. The van der Waals surface area contributed by atoms with Gasteiger partial charge < -0.3 is 5.73 Å². The van der Waals surface area contributed by atoms with Crippen molar-refractivity contribution in [3.63, 3.8) is 0 Å². The lowest BCUT2D eigenvalue weighted by Gasteiger charge is -2.05. The summed E-state index contributed by atoms with van der Waals surface area (Å²) >= 11 is 3.16. The highest BCUT2D eigenvalue weighted by atomic mass is 79.9. The Labute approximate surface area is 109 Å². The second kappa shape index (κ2) is 4.65. The summed E-state index contributed by atoms with van der Waals surface area (Å²) in [6.45, 7) is 0. The Balaban J connectivity index is 2.75. The lowest BCUT2D eigenvalue weighted by molar-refractivity contribution is -0.383. The van der Waals surface area contributed by atoms with Gasteiger partial charge in [-0.1, -0.05) is 15.9 Å². The molecule has 0 atom stereocenters. The molecule has 0 bridgehead atoms. The van der Waals surface area contributed by atoms with Crippen molar-refractivity contribution in [1.82, 2.24) is 9.97 Å². The van der Waals surface area contributed by atoms with E-state index in [0.29, 0.717) is 4.47 Å². The fourth-order valence-electron chi connectivity index (χ4n) is 1.45. The Kier molecular flexibility index (Phi) is 3.19. The number of aromatic nitrogens is 2. The zero-order valence-electron chi connectivity index (χ0n) is 8.80. The second-order valence-corrected chi connectivity index (χ2v) is 4.25. The number of nitrogens with two attached hydrogens (primary N) is 1. The van der Waals surface area contributed by atoms with Gasteiger partial charge in [-0.15, -0.1) is 0 Å². The maximum atomic E-state index is 13.7. The van der Waals surface area contributed by atoms with Gasteiger partial charge in [0.25, 0.3) is 0 Å². The van der Waals surface area contributed by atoms with Crippen LogP contribution in [0.1, 0.15) is 0 Å². The minimum atomic E-state index is -0.731. The Morgan fingerprint density at radius 2 is 2.11 bits per heavy atom. The summed E-state index contributed by atoms with van der Waals surface area (Å²) in [6.07, 6.45) is 1.05. The van der Waals surface area contributed by atoms with Gasteiger partial charge in [0.15, 0.2) is 5.69 Å². The fourth-order valence-corrected chi connectivity index (χ4v) is 1.81. The van der Waals surface area contributed by atoms with E-state index in [9.17, 15) is 14.5 Å². The first-order valence-corrected chi connectivity index (χ1v) is 5.50. The Bertz CT molecular complexity index is 635. The molecule has 92 valence electrons. The first kappa shape index (κ1) is 12.4. The first-order valence-electron chi connectivity index (χ1n) is 4.71. The third-order valence-corrected chi connectivity index (χ3v) is 2.71. The van der Waals surface area contributed by atoms with Gasteiger partial charge in [-0.3, -0.25) is 10.1 Å². The molecule has 0 spiro atoms. The molecule has 1 aromatic heterocycles. The lowest BCUT2D eigenvalue weighted by atomic mass is 10.1. The average Bonchev–Trinajstić information content (AvgIpc) is 2.31. The number of nitro groups is 1. The van der Waals surface area contributed by atoms with Crippen LogP contribution in [0.5, 0.6) is 0 Å². The second-order valence-electron chi connectivity index (χ2n) is 3.34. The molecule has 0 radical (unpaired) electrons. The fraction of sp³-hybridized carbons (Fsp3) is 0. The van der Waals surface area contributed by atoms with E-state index in [2.05, 4.69) is 25.9 Å². The van der Waals surface area contributed by atoms with Gasteiger partial charge in [-0.05, 0) is 18.2 Å². The number of rotatable bonds is 2. The normalized spacial score (nSPS) is 10.3. The molecule has 0 saturated heterocycles. The Hall–Kier alpha value is -2.09. The highest BCUT2D eigenvalue weighted by Crippen LogP contribution is 2.33. The zero-order valence-corrected chi connectivity index (χ0v) is 10.4. The van der Waals surface area contributed by atoms with Gasteiger partial charge in [0.05, 0.1) is 4.92 Å². The summed E-state index contributed by atoms with van der Waals surface area (Å²) in [6, 6.07) is 4.06. The third-order valence-electron chi connectivity index (χ3n) is 2.22. The predicted octanol–water partition coefficient (Wildman–Crippen LogP) is 2.54. The minimum absolute atomic E-state index is 0.00910. The average molecular weight is 313 g/mol. The molecule has 0 saturated carbocycles. The van der Waals surface area contributed by atoms with Crippen LogP contribution in [0, 0.1) is 15.9 Å². The van der Waals surface area contributed by atoms with Crippen molar-refractivity contribution < 1.29 is 9.31 Å². The molecular weight excluding hydrogens is 307 g/mol. The summed E-state index contributed by atoms with van der Waals surface area (Å²) in [5.74, 6) is -0.927. The van der Waals surface area contributed by atoms with Gasteiger partial charge in [0.1, 0.15) is 12.1 Å². The summed E-state index contributed by atoms with van der Waals surface area (Å²) in [4.78, 5) is 17.5. The minimum Gasteiger partial charge on any atom is -0.378 e. The molecule has 0 aliphatic heterocycles. The summed E-state index contributed by atoms with van der Waals surface area (Å²) < 4.78 is 14.3. The maximum absolute atomic E-state index is 13.7. The molecule has 2 aromatic rings. The molecular formula is C10H6BrFN4O2. The number of halogens is 2. The van der Waals surface area contributed by atoms with Gasteiger partial charge >= 0.3 is 5.69 Å². The smallest absolute Gasteiger partial charge is 0.337 e. The molecule has 2 N–H and O–H groups in total. The standard InChI is InChI=1S/C10H6BrFN4O2/c11-5-1-2-7(12)6(3-5)8-9(16(17)18)10(13)15-4-14-8/h1-4H,(H2,13,14,15). The highest BCUT2D eigenvalue weighted by molar-refractivity contribution is 9.10. The highest BCUT2D eigenvalue weighted by Gasteiger charge is 2.24. The Morgan fingerprint density at radius 1 is 1.39 bits per heavy atom. The van der Waals surface area contributed by atoms with Crippen LogP contribution in [0.15, 0.2) is 29.0 Å². The van der Waals surface area contributed by atoms with E-state index in [4.69, 9.17) is 5.73 Å². The lowest BCUT2D eigenvalue weighted by Crippen LogP contribution is -2.03. The van der Waals surface area contributed by atoms with Crippen LogP contribution in [0.2, 0.25) is 0 Å². The van der Waals surface area contributed by atoms with Crippen LogP contribution in [-0.4, -0.2) is 14.9 Å². The molecule has 0 aliphatic carbocycles. The molecule has 0 aliphatic rings. The van der Waals surface area contributed by atoms with Crippen molar-refractivity contribution >= 4 is 27.4 Å². The summed E-state index contributed by atoms with van der Waals surface area (Å²) in [5.41, 5.74) is 4.76. The van der Waals surface area contributed by atoms with Gasteiger partial charge in [-0.25, -0.2) is 14.4 Å². The number of benzene rings is 1. The maximum Gasteiger partial charge on any atom is 0.337 e. The molecule has 18 heavy (non-hydrogen) atoms. The molecule has 0 fully saturated rings.